The summed E-state index contributed by atoms with van der Waals surface area (Å²) in [4.78, 5) is 13.6. The first-order chi connectivity index (χ1) is 8.54. The van der Waals surface area contributed by atoms with E-state index in [9.17, 15) is 13.2 Å². The summed E-state index contributed by atoms with van der Waals surface area (Å²) in [6.45, 7) is 7.23. The van der Waals surface area contributed by atoms with Gasteiger partial charge in [0.05, 0.1) is 0 Å². The van der Waals surface area contributed by atoms with Gasteiger partial charge in [0.1, 0.15) is 0 Å². The summed E-state index contributed by atoms with van der Waals surface area (Å²) < 4.78 is 26.4. The average molecular weight is 292 g/mol. The average Bonchev–Trinajstić information content (AvgIpc) is 2.26. The molecule has 1 fully saturated rings. The van der Waals surface area contributed by atoms with E-state index >= 15 is 0 Å². The van der Waals surface area contributed by atoms with Gasteiger partial charge in [0.25, 0.3) is 10.2 Å². The Balaban J connectivity index is 2.57. The second kappa shape index (κ2) is 5.64. The zero-order valence-electron chi connectivity index (χ0n) is 12.3. The lowest BCUT2D eigenvalue weighted by Crippen LogP contribution is -2.57. The number of amides is 2. The van der Waals surface area contributed by atoms with Crippen molar-refractivity contribution in [2.24, 2.45) is 0 Å². The third-order valence-electron chi connectivity index (χ3n) is 2.80. The van der Waals surface area contributed by atoms with E-state index in [4.69, 9.17) is 0 Å². The molecule has 0 aromatic heterocycles. The van der Waals surface area contributed by atoms with E-state index in [2.05, 4.69) is 5.32 Å². The summed E-state index contributed by atoms with van der Waals surface area (Å²) in [5.41, 5.74) is -0.288. The van der Waals surface area contributed by atoms with Crippen LogP contribution in [0.15, 0.2) is 0 Å². The molecule has 1 rings (SSSR count). The van der Waals surface area contributed by atoms with Crippen LogP contribution in [0.25, 0.3) is 0 Å². The largest absolute Gasteiger partial charge is 0.333 e. The molecule has 8 heteroatoms. The molecular formula is C11H24N4O3S. The fraction of sp³-hybridized carbons (Fsp3) is 0.909. The van der Waals surface area contributed by atoms with Gasteiger partial charge in [-0.1, -0.05) is 0 Å². The first kappa shape index (κ1) is 16.2. The molecule has 2 amide bonds. The van der Waals surface area contributed by atoms with E-state index in [0.717, 1.165) is 0 Å². The highest BCUT2D eigenvalue weighted by Crippen LogP contribution is 2.10. The van der Waals surface area contributed by atoms with Gasteiger partial charge < -0.3 is 10.2 Å². The van der Waals surface area contributed by atoms with Crippen LogP contribution in [0.5, 0.6) is 0 Å². The van der Waals surface area contributed by atoms with Crippen LogP contribution in [0.2, 0.25) is 0 Å². The van der Waals surface area contributed by atoms with Gasteiger partial charge in [-0.2, -0.15) is 17.0 Å². The number of hydrogen-bond acceptors (Lipinski definition) is 3. The van der Waals surface area contributed by atoms with Crippen LogP contribution in [-0.4, -0.2) is 73.8 Å². The molecule has 0 aliphatic carbocycles. The van der Waals surface area contributed by atoms with Crippen molar-refractivity contribution in [3.63, 3.8) is 0 Å². The topological polar surface area (TPSA) is 73.0 Å². The molecule has 0 aromatic carbocycles. The molecule has 0 atom stereocenters. The molecular weight excluding hydrogens is 268 g/mol. The summed E-state index contributed by atoms with van der Waals surface area (Å²) >= 11 is 0. The lowest BCUT2D eigenvalue weighted by Gasteiger charge is -2.36. The van der Waals surface area contributed by atoms with Gasteiger partial charge in [0, 0.05) is 45.8 Å². The summed E-state index contributed by atoms with van der Waals surface area (Å²) in [5.74, 6) is 0. The summed E-state index contributed by atoms with van der Waals surface area (Å²) in [5, 5.41) is 2.87. The Morgan fingerprint density at radius 3 is 1.95 bits per heavy atom. The molecule has 1 aliphatic heterocycles. The minimum absolute atomic E-state index is 0.144. The summed E-state index contributed by atoms with van der Waals surface area (Å²) in [6, 6.07) is -0.144. The zero-order chi connectivity index (χ0) is 14.8. The summed E-state index contributed by atoms with van der Waals surface area (Å²) in [7, 11) is -0.360. The summed E-state index contributed by atoms with van der Waals surface area (Å²) in [6.07, 6.45) is 0. The van der Waals surface area contributed by atoms with Gasteiger partial charge in [-0.25, -0.2) is 4.79 Å². The SMILES string of the molecule is CN(C)S(=O)(=O)N1CCN(C(=O)NC(C)(C)C)CC1. The Morgan fingerprint density at radius 1 is 1.11 bits per heavy atom. The molecule has 19 heavy (non-hydrogen) atoms. The normalized spacial score (nSPS) is 18.7. The minimum Gasteiger partial charge on any atom is -0.333 e. The van der Waals surface area contributed by atoms with E-state index in [-0.39, 0.29) is 11.6 Å². The Labute approximate surface area is 115 Å². The smallest absolute Gasteiger partial charge is 0.317 e. The highest BCUT2D eigenvalue weighted by molar-refractivity contribution is 7.86. The fourth-order valence-electron chi connectivity index (χ4n) is 1.75. The maximum absolute atomic E-state index is 11.9. The van der Waals surface area contributed by atoms with Crippen molar-refractivity contribution in [3.05, 3.63) is 0 Å². The minimum atomic E-state index is -3.38. The highest BCUT2D eigenvalue weighted by atomic mass is 32.2. The molecule has 7 nitrogen and oxygen atoms in total. The third kappa shape index (κ3) is 4.32. The molecule has 1 saturated heterocycles. The zero-order valence-corrected chi connectivity index (χ0v) is 13.1. The number of urea groups is 1. The van der Waals surface area contributed by atoms with Gasteiger partial charge in [0.2, 0.25) is 0 Å². The third-order valence-corrected chi connectivity index (χ3v) is 4.74. The molecule has 1 heterocycles. The van der Waals surface area contributed by atoms with Crippen molar-refractivity contribution in [1.82, 2.24) is 18.8 Å². The van der Waals surface area contributed by atoms with Crippen LogP contribution in [0, 0.1) is 0 Å². The first-order valence-corrected chi connectivity index (χ1v) is 7.68. The predicted octanol–water partition coefficient (Wildman–Crippen LogP) is -0.0815. The highest BCUT2D eigenvalue weighted by Gasteiger charge is 2.30. The number of rotatable bonds is 2. The molecule has 0 spiro atoms. The van der Waals surface area contributed by atoms with E-state index < -0.39 is 10.2 Å². The molecule has 1 N–H and O–H groups in total. The molecule has 112 valence electrons. The lowest BCUT2D eigenvalue weighted by atomic mass is 10.1. The Hall–Kier alpha value is -0.860. The van der Waals surface area contributed by atoms with Crippen molar-refractivity contribution >= 4 is 16.2 Å². The van der Waals surface area contributed by atoms with E-state index in [1.807, 2.05) is 20.8 Å². The molecule has 0 unspecified atom stereocenters. The Kier molecular flexibility index (Phi) is 4.81. The molecule has 0 aromatic rings. The maximum Gasteiger partial charge on any atom is 0.317 e. The van der Waals surface area contributed by atoms with Gasteiger partial charge >= 0.3 is 6.03 Å². The van der Waals surface area contributed by atoms with E-state index in [1.54, 1.807) is 4.90 Å². The maximum atomic E-state index is 11.9. The van der Waals surface area contributed by atoms with Gasteiger partial charge in [-0.15, -0.1) is 0 Å². The molecule has 0 bridgehead atoms. The monoisotopic (exact) mass is 292 g/mol. The van der Waals surface area contributed by atoms with Crippen LogP contribution >= 0.6 is 0 Å². The van der Waals surface area contributed by atoms with Gasteiger partial charge in [-0.3, -0.25) is 0 Å². The van der Waals surface area contributed by atoms with E-state index in [1.165, 1.54) is 22.7 Å². The van der Waals surface area contributed by atoms with Crippen molar-refractivity contribution in [3.8, 4) is 0 Å². The first-order valence-electron chi connectivity index (χ1n) is 6.29. The standard InChI is InChI=1S/C11H24N4O3S/c1-11(2,3)12-10(16)14-6-8-15(9-7-14)19(17,18)13(4)5/h6-9H2,1-5H3,(H,12,16). The Morgan fingerprint density at radius 2 is 1.58 bits per heavy atom. The van der Waals surface area contributed by atoms with Crippen molar-refractivity contribution < 1.29 is 13.2 Å². The second-order valence-corrected chi connectivity index (χ2v) is 8.00. The predicted molar refractivity (Wildman–Crippen MR) is 74.0 cm³/mol. The molecule has 0 saturated carbocycles. The lowest BCUT2D eigenvalue weighted by molar-refractivity contribution is 0.163. The number of nitrogens with one attached hydrogen (secondary N) is 1. The van der Waals surface area contributed by atoms with Crippen molar-refractivity contribution in [1.29, 1.82) is 0 Å². The second-order valence-electron chi connectivity index (χ2n) is 5.86. The van der Waals surface area contributed by atoms with Crippen LogP contribution < -0.4 is 5.32 Å². The quantitative estimate of drug-likeness (QED) is 0.773. The number of carbonyl (C=O) groups excluding carboxylic acids is 1. The van der Waals surface area contributed by atoms with Crippen molar-refractivity contribution in [2.45, 2.75) is 26.3 Å². The molecule has 1 aliphatic rings. The van der Waals surface area contributed by atoms with Gasteiger partial charge in [-0.05, 0) is 20.8 Å². The molecule has 0 radical (unpaired) electrons. The fourth-order valence-corrected chi connectivity index (χ4v) is 2.84. The van der Waals surface area contributed by atoms with Crippen LogP contribution in [-0.2, 0) is 10.2 Å². The number of carbonyl (C=O) groups is 1. The van der Waals surface area contributed by atoms with E-state index in [0.29, 0.717) is 26.2 Å². The van der Waals surface area contributed by atoms with Gasteiger partial charge in [0.15, 0.2) is 0 Å². The number of hydrogen-bond donors (Lipinski definition) is 1. The van der Waals surface area contributed by atoms with Crippen LogP contribution in [0.4, 0.5) is 4.79 Å². The number of nitrogens with zero attached hydrogens (tertiary/aromatic N) is 3. The van der Waals surface area contributed by atoms with Crippen molar-refractivity contribution in [2.75, 3.05) is 40.3 Å². The number of piperazine rings is 1. The van der Waals surface area contributed by atoms with Crippen LogP contribution in [0.3, 0.4) is 0 Å². The van der Waals surface area contributed by atoms with Crippen LogP contribution in [0.1, 0.15) is 20.8 Å². The Bertz CT molecular complexity index is 420.